The van der Waals surface area contributed by atoms with E-state index in [1.54, 1.807) is 7.11 Å². The number of piperidine rings is 1. The van der Waals surface area contributed by atoms with Crippen LogP contribution in [0.25, 0.3) is 0 Å². The second-order valence-electron chi connectivity index (χ2n) is 5.27. The standard InChI is InChI=1S/C13H22N4O2S/c1-3-10-11(20-17-16-10)12(18)15-8-13(9-19-2)4-6-14-7-5-13/h14H,3-9H2,1-2H3,(H,15,18). The molecule has 0 saturated carbocycles. The van der Waals surface area contributed by atoms with Gasteiger partial charge in [-0.05, 0) is 43.9 Å². The average Bonchev–Trinajstić information content (AvgIpc) is 2.95. The number of nitrogens with zero attached hydrogens (tertiary/aromatic N) is 2. The van der Waals surface area contributed by atoms with Crippen LogP contribution in [0, 0.1) is 5.41 Å². The van der Waals surface area contributed by atoms with Crippen molar-refractivity contribution < 1.29 is 9.53 Å². The van der Waals surface area contributed by atoms with Crippen molar-refractivity contribution in [1.29, 1.82) is 0 Å². The molecule has 6 nitrogen and oxygen atoms in total. The summed E-state index contributed by atoms with van der Waals surface area (Å²) >= 11 is 1.16. The number of carbonyl (C=O) groups is 1. The molecule has 1 fully saturated rings. The zero-order chi connectivity index (χ0) is 14.4. The van der Waals surface area contributed by atoms with Gasteiger partial charge in [0.05, 0.1) is 12.3 Å². The predicted octanol–water partition coefficient (Wildman–Crippen LogP) is 0.846. The number of nitrogens with one attached hydrogen (secondary N) is 2. The number of carbonyl (C=O) groups excluding carboxylic acids is 1. The van der Waals surface area contributed by atoms with Gasteiger partial charge in [0.1, 0.15) is 4.88 Å². The summed E-state index contributed by atoms with van der Waals surface area (Å²) in [5.41, 5.74) is 0.818. The molecule has 1 amide bonds. The van der Waals surface area contributed by atoms with Crippen LogP contribution in [0.3, 0.4) is 0 Å². The van der Waals surface area contributed by atoms with Gasteiger partial charge in [-0.1, -0.05) is 11.4 Å². The number of aromatic nitrogens is 2. The van der Waals surface area contributed by atoms with Gasteiger partial charge in [-0.25, -0.2) is 0 Å². The quantitative estimate of drug-likeness (QED) is 0.814. The Kier molecular flexibility index (Phi) is 5.45. The van der Waals surface area contributed by atoms with Crippen LogP contribution in [0.1, 0.15) is 35.1 Å². The van der Waals surface area contributed by atoms with E-state index in [0.717, 1.165) is 49.6 Å². The van der Waals surface area contributed by atoms with Crippen LogP contribution in [0.15, 0.2) is 0 Å². The molecule has 0 radical (unpaired) electrons. The Hall–Kier alpha value is -1.05. The highest BCUT2D eigenvalue weighted by molar-refractivity contribution is 7.08. The maximum absolute atomic E-state index is 12.2. The van der Waals surface area contributed by atoms with Gasteiger partial charge in [0.25, 0.3) is 5.91 Å². The third-order valence-electron chi connectivity index (χ3n) is 3.84. The van der Waals surface area contributed by atoms with Gasteiger partial charge in [-0.15, -0.1) is 5.10 Å². The van der Waals surface area contributed by atoms with Crippen LogP contribution < -0.4 is 10.6 Å². The molecule has 112 valence electrons. The molecule has 1 saturated heterocycles. The number of ether oxygens (including phenoxy) is 1. The summed E-state index contributed by atoms with van der Waals surface area (Å²) in [4.78, 5) is 12.9. The first-order valence-corrected chi connectivity index (χ1v) is 7.77. The van der Waals surface area contributed by atoms with Crippen molar-refractivity contribution in [3.63, 3.8) is 0 Å². The first-order valence-electron chi connectivity index (χ1n) is 7.00. The largest absolute Gasteiger partial charge is 0.384 e. The monoisotopic (exact) mass is 298 g/mol. The van der Waals surface area contributed by atoms with Gasteiger partial charge in [0, 0.05) is 19.1 Å². The zero-order valence-corrected chi connectivity index (χ0v) is 12.9. The Balaban J connectivity index is 1.97. The maximum atomic E-state index is 12.2. The number of amides is 1. The van der Waals surface area contributed by atoms with E-state index in [0.29, 0.717) is 18.0 Å². The molecule has 7 heteroatoms. The number of rotatable bonds is 6. The van der Waals surface area contributed by atoms with Crippen molar-refractivity contribution in [1.82, 2.24) is 20.2 Å². The predicted molar refractivity (Wildman–Crippen MR) is 78.0 cm³/mol. The molecule has 20 heavy (non-hydrogen) atoms. The summed E-state index contributed by atoms with van der Waals surface area (Å²) in [6, 6.07) is 0. The van der Waals surface area contributed by atoms with Crippen LogP contribution in [0.5, 0.6) is 0 Å². The molecule has 1 aromatic rings. The van der Waals surface area contributed by atoms with Gasteiger partial charge >= 0.3 is 0 Å². The molecule has 1 aliphatic heterocycles. The summed E-state index contributed by atoms with van der Waals surface area (Å²) < 4.78 is 9.21. The zero-order valence-electron chi connectivity index (χ0n) is 12.1. The Labute approximate surface area is 123 Å². The van der Waals surface area contributed by atoms with Crippen molar-refractivity contribution in [3.05, 3.63) is 10.6 Å². The van der Waals surface area contributed by atoms with Crippen molar-refractivity contribution in [2.24, 2.45) is 5.41 Å². The summed E-state index contributed by atoms with van der Waals surface area (Å²) in [6.45, 7) is 5.24. The highest BCUT2D eigenvalue weighted by Gasteiger charge is 2.33. The molecule has 2 heterocycles. The first-order chi connectivity index (χ1) is 9.71. The second kappa shape index (κ2) is 7.10. The topological polar surface area (TPSA) is 76.1 Å². The van der Waals surface area contributed by atoms with Gasteiger partial charge in [-0.2, -0.15) is 0 Å². The van der Waals surface area contributed by atoms with Crippen LogP contribution in [0.2, 0.25) is 0 Å². The molecule has 0 atom stereocenters. The number of hydrogen-bond acceptors (Lipinski definition) is 6. The lowest BCUT2D eigenvalue weighted by atomic mass is 9.79. The van der Waals surface area contributed by atoms with Gasteiger partial charge in [0.15, 0.2) is 0 Å². The summed E-state index contributed by atoms with van der Waals surface area (Å²) in [5, 5.41) is 10.4. The molecule has 0 bridgehead atoms. The molecule has 2 N–H and O–H groups in total. The lowest BCUT2D eigenvalue weighted by Gasteiger charge is -2.37. The van der Waals surface area contributed by atoms with E-state index in [1.807, 2.05) is 6.92 Å². The second-order valence-corrected chi connectivity index (χ2v) is 6.02. The minimum absolute atomic E-state index is 0.0418. The lowest BCUT2D eigenvalue weighted by Crippen LogP contribution is -2.47. The van der Waals surface area contributed by atoms with Crippen LogP contribution in [-0.2, 0) is 11.2 Å². The fraction of sp³-hybridized carbons (Fsp3) is 0.769. The Morgan fingerprint density at radius 3 is 2.90 bits per heavy atom. The van der Waals surface area contributed by atoms with Gasteiger partial charge in [-0.3, -0.25) is 4.79 Å². The third-order valence-corrected chi connectivity index (χ3v) is 4.60. The molecule has 2 rings (SSSR count). The van der Waals surface area contributed by atoms with Gasteiger partial charge in [0.2, 0.25) is 0 Å². The lowest BCUT2D eigenvalue weighted by molar-refractivity contribution is 0.0512. The van der Waals surface area contributed by atoms with E-state index in [-0.39, 0.29) is 11.3 Å². The normalized spacial score (nSPS) is 17.9. The highest BCUT2D eigenvalue weighted by Crippen LogP contribution is 2.28. The molecule has 0 spiro atoms. The Morgan fingerprint density at radius 1 is 1.50 bits per heavy atom. The number of hydrogen-bond donors (Lipinski definition) is 2. The Morgan fingerprint density at radius 2 is 2.25 bits per heavy atom. The first kappa shape index (κ1) is 15.3. The van der Waals surface area contributed by atoms with Crippen LogP contribution in [-0.4, -0.2) is 48.8 Å². The molecular weight excluding hydrogens is 276 g/mol. The van der Waals surface area contributed by atoms with E-state index in [1.165, 1.54) is 0 Å². The average molecular weight is 298 g/mol. The molecule has 1 aliphatic rings. The van der Waals surface area contributed by atoms with E-state index >= 15 is 0 Å². The molecular formula is C13H22N4O2S. The Bertz CT molecular complexity index is 438. The van der Waals surface area contributed by atoms with Crippen LogP contribution in [0.4, 0.5) is 0 Å². The van der Waals surface area contributed by atoms with E-state index < -0.39 is 0 Å². The molecule has 0 aromatic carbocycles. The summed E-state index contributed by atoms with van der Waals surface area (Å²) in [6.07, 6.45) is 2.76. The molecule has 0 aliphatic carbocycles. The van der Waals surface area contributed by atoms with E-state index in [4.69, 9.17) is 4.74 Å². The number of aryl methyl sites for hydroxylation is 1. The van der Waals surface area contributed by atoms with Crippen molar-refractivity contribution in [3.8, 4) is 0 Å². The fourth-order valence-electron chi connectivity index (χ4n) is 2.60. The molecule has 1 aromatic heterocycles. The number of methoxy groups -OCH3 is 1. The van der Waals surface area contributed by atoms with Crippen molar-refractivity contribution in [2.45, 2.75) is 26.2 Å². The van der Waals surface area contributed by atoms with Crippen molar-refractivity contribution in [2.75, 3.05) is 33.4 Å². The minimum atomic E-state index is -0.0640. The summed E-state index contributed by atoms with van der Waals surface area (Å²) in [7, 11) is 1.72. The smallest absolute Gasteiger partial charge is 0.264 e. The van der Waals surface area contributed by atoms with Crippen molar-refractivity contribution >= 4 is 17.4 Å². The fourth-order valence-corrected chi connectivity index (χ4v) is 3.26. The highest BCUT2D eigenvalue weighted by atomic mass is 32.1. The van der Waals surface area contributed by atoms with E-state index in [9.17, 15) is 4.79 Å². The SMILES string of the molecule is CCc1nnsc1C(=O)NCC1(COC)CCNCC1. The minimum Gasteiger partial charge on any atom is -0.384 e. The molecule has 0 unspecified atom stereocenters. The maximum Gasteiger partial charge on any atom is 0.264 e. The van der Waals surface area contributed by atoms with Crippen LogP contribution >= 0.6 is 11.5 Å². The van der Waals surface area contributed by atoms with E-state index in [2.05, 4.69) is 20.2 Å². The third kappa shape index (κ3) is 3.53. The van der Waals surface area contributed by atoms with Gasteiger partial charge < -0.3 is 15.4 Å². The summed E-state index contributed by atoms with van der Waals surface area (Å²) in [5.74, 6) is -0.0640.